The van der Waals surface area contributed by atoms with Gasteiger partial charge in [-0.15, -0.1) is 0 Å². The van der Waals surface area contributed by atoms with Gasteiger partial charge in [0.05, 0.1) is 18.3 Å². The molecular formula is C17H18N2O2. The van der Waals surface area contributed by atoms with Crippen molar-refractivity contribution in [2.75, 3.05) is 6.54 Å². The van der Waals surface area contributed by atoms with Gasteiger partial charge in [-0.05, 0) is 30.5 Å². The van der Waals surface area contributed by atoms with Crippen LogP contribution in [0.4, 0.5) is 0 Å². The molecule has 3 rings (SSSR count). The van der Waals surface area contributed by atoms with Gasteiger partial charge in [-0.3, -0.25) is 14.7 Å². The van der Waals surface area contributed by atoms with E-state index in [1.54, 1.807) is 6.20 Å². The van der Waals surface area contributed by atoms with Gasteiger partial charge in [0.2, 0.25) is 0 Å². The number of hydrogen-bond acceptors (Lipinski definition) is 3. The fourth-order valence-corrected chi connectivity index (χ4v) is 2.70. The van der Waals surface area contributed by atoms with E-state index >= 15 is 0 Å². The molecule has 1 aliphatic rings. The molecule has 21 heavy (non-hydrogen) atoms. The van der Waals surface area contributed by atoms with Gasteiger partial charge in [-0.1, -0.05) is 36.4 Å². The van der Waals surface area contributed by atoms with Gasteiger partial charge in [-0.25, -0.2) is 0 Å². The molecular weight excluding hydrogens is 264 g/mol. The Labute approximate surface area is 124 Å². The minimum absolute atomic E-state index is 0.0425. The number of aliphatic carboxylic acids is 1. The number of carbonyl (C=O) groups is 1. The van der Waals surface area contributed by atoms with Gasteiger partial charge in [0.1, 0.15) is 0 Å². The van der Waals surface area contributed by atoms with E-state index < -0.39 is 5.97 Å². The van der Waals surface area contributed by atoms with Crippen LogP contribution < -0.4 is 0 Å². The Hall–Kier alpha value is -2.20. The summed E-state index contributed by atoms with van der Waals surface area (Å²) in [4.78, 5) is 17.8. The maximum atomic E-state index is 11.2. The zero-order chi connectivity index (χ0) is 14.7. The van der Waals surface area contributed by atoms with E-state index in [0.717, 1.165) is 24.1 Å². The lowest BCUT2D eigenvalue weighted by Crippen LogP contribution is -2.36. The minimum Gasteiger partial charge on any atom is -0.480 e. The quantitative estimate of drug-likeness (QED) is 0.885. The second-order valence-corrected chi connectivity index (χ2v) is 5.37. The Balaban J connectivity index is 2.00. The summed E-state index contributed by atoms with van der Waals surface area (Å²) in [5.41, 5.74) is 1.99. The van der Waals surface area contributed by atoms with Crippen molar-refractivity contribution in [1.29, 1.82) is 0 Å². The normalized spacial score (nSPS) is 15.9. The molecule has 0 radical (unpaired) electrons. The number of carboxylic acid groups (broad SMARTS) is 1. The second kappa shape index (κ2) is 6.06. The number of aromatic nitrogens is 1. The van der Waals surface area contributed by atoms with Gasteiger partial charge >= 0.3 is 5.97 Å². The average Bonchev–Trinajstić information content (AvgIpc) is 3.33. The fraction of sp³-hybridized carbons (Fsp3) is 0.294. The largest absolute Gasteiger partial charge is 0.480 e. The number of pyridine rings is 1. The number of benzene rings is 1. The van der Waals surface area contributed by atoms with E-state index in [4.69, 9.17) is 0 Å². The van der Waals surface area contributed by atoms with Crippen LogP contribution in [0.15, 0.2) is 54.7 Å². The first-order chi connectivity index (χ1) is 10.3. The molecule has 1 fully saturated rings. The van der Waals surface area contributed by atoms with Crippen LogP contribution in [0, 0.1) is 0 Å². The lowest BCUT2D eigenvalue weighted by molar-refractivity contribution is -0.139. The Morgan fingerprint density at radius 1 is 1.19 bits per heavy atom. The Morgan fingerprint density at radius 3 is 2.48 bits per heavy atom. The highest BCUT2D eigenvalue weighted by molar-refractivity contribution is 5.69. The standard InChI is InChI=1S/C17H18N2O2/c20-16(21)12-19(14-9-10-14)17(13-6-2-1-3-7-13)15-8-4-5-11-18-15/h1-8,11,14,17H,9-10,12H2,(H,20,21). The van der Waals surface area contributed by atoms with Crippen LogP contribution in [0.1, 0.15) is 30.1 Å². The van der Waals surface area contributed by atoms with Crippen molar-refractivity contribution in [3.63, 3.8) is 0 Å². The first kappa shape index (κ1) is 13.8. The molecule has 0 bridgehead atoms. The molecule has 1 N–H and O–H groups in total. The highest BCUT2D eigenvalue weighted by Crippen LogP contribution is 2.37. The first-order valence-electron chi connectivity index (χ1n) is 7.19. The van der Waals surface area contributed by atoms with E-state index in [-0.39, 0.29) is 12.6 Å². The molecule has 1 unspecified atom stereocenters. The molecule has 2 aromatic rings. The minimum atomic E-state index is -0.793. The maximum Gasteiger partial charge on any atom is 0.317 e. The highest BCUT2D eigenvalue weighted by atomic mass is 16.4. The van der Waals surface area contributed by atoms with Gasteiger partial charge in [-0.2, -0.15) is 0 Å². The molecule has 1 saturated carbocycles. The summed E-state index contributed by atoms with van der Waals surface area (Å²) in [6.07, 6.45) is 3.88. The van der Waals surface area contributed by atoms with E-state index in [1.165, 1.54) is 0 Å². The summed E-state index contributed by atoms with van der Waals surface area (Å²) in [7, 11) is 0. The van der Waals surface area contributed by atoms with Crippen LogP contribution in [-0.2, 0) is 4.79 Å². The zero-order valence-electron chi connectivity index (χ0n) is 11.7. The van der Waals surface area contributed by atoms with Gasteiger partial charge in [0, 0.05) is 12.2 Å². The maximum absolute atomic E-state index is 11.2. The number of carboxylic acids is 1. The molecule has 1 atom stereocenters. The highest BCUT2D eigenvalue weighted by Gasteiger charge is 2.37. The van der Waals surface area contributed by atoms with Crippen LogP contribution in [-0.4, -0.2) is 33.5 Å². The Morgan fingerprint density at radius 2 is 1.90 bits per heavy atom. The van der Waals surface area contributed by atoms with Crippen LogP contribution in [0.25, 0.3) is 0 Å². The molecule has 4 heteroatoms. The van der Waals surface area contributed by atoms with Gasteiger partial charge < -0.3 is 5.11 Å². The third-order valence-corrected chi connectivity index (χ3v) is 3.75. The number of rotatable bonds is 6. The Kier molecular flexibility index (Phi) is 3.97. The summed E-state index contributed by atoms with van der Waals surface area (Å²) in [5, 5.41) is 9.24. The van der Waals surface area contributed by atoms with Crippen LogP contribution >= 0.6 is 0 Å². The number of nitrogens with zero attached hydrogens (tertiary/aromatic N) is 2. The van der Waals surface area contributed by atoms with Crippen LogP contribution in [0.3, 0.4) is 0 Å². The van der Waals surface area contributed by atoms with Crippen molar-refractivity contribution in [2.45, 2.75) is 24.9 Å². The summed E-state index contributed by atoms with van der Waals surface area (Å²) >= 11 is 0. The lowest BCUT2D eigenvalue weighted by atomic mass is 10.0. The fourth-order valence-electron chi connectivity index (χ4n) is 2.70. The topological polar surface area (TPSA) is 53.4 Å². The third kappa shape index (κ3) is 3.28. The smallest absolute Gasteiger partial charge is 0.317 e. The molecule has 0 spiro atoms. The van der Waals surface area contributed by atoms with E-state index in [2.05, 4.69) is 9.88 Å². The predicted molar refractivity (Wildman–Crippen MR) is 79.9 cm³/mol. The van der Waals surface area contributed by atoms with Crippen molar-refractivity contribution in [3.8, 4) is 0 Å². The van der Waals surface area contributed by atoms with Crippen molar-refractivity contribution >= 4 is 5.97 Å². The Bertz CT molecular complexity index is 557. The SMILES string of the molecule is O=C(O)CN(C1CC1)C(c1ccccc1)c1ccccn1. The lowest BCUT2D eigenvalue weighted by Gasteiger charge is -2.30. The van der Waals surface area contributed by atoms with Crippen LogP contribution in [0.5, 0.6) is 0 Å². The molecule has 0 aliphatic heterocycles. The zero-order valence-corrected chi connectivity index (χ0v) is 11.7. The van der Waals surface area contributed by atoms with Crippen molar-refractivity contribution < 1.29 is 9.90 Å². The molecule has 4 nitrogen and oxygen atoms in total. The summed E-state index contributed by atoms with van der Waals surface area (Å²) in [5.74, 6) is -0.793. The molecule has 0 saturated heterocycles. The average molecular weight is 282 g/mol. The van der Waals surface area contributed by atoms with E-state index in [9.17, 15) is 9.90 Å². The molecule has 1 aliphatic carbocycles. The number of hydrogen-bond donors (Lipinski definition) is 1. The summed E-state index contributed by atoms with van der Waals surface area (Å²) < 4.78 is 0. The first-order valence-corrected chi connectivity index (χ1v) is 7.19. The van der Waals surface area contributed by atoms with Crippen molar-refractivity contribution in [3.05, 3.63) is 66.0 Å². The van der Waals surface area contributed by atoms with Crippen LogP contribution in [0.2, 0.25) is 0 Å². The third-order valence-electron chi connectivity index (χ3n) is 3.75. The van der Waals surface area contributed by atoms with E-state index in [1.807, 2.05) is 48.5 Å². The molecule has 1 aromatic heterocycles. The molecule has 0 amide bonds. The summed E-state index contributed by atoms with van der Waals surface area (Å²) in [6, 6.07) is 16.0. The van der Waals surface area contributed by atoms with Gasteiger partial charge in [0.15, 0.2) is 0 Å². The summed E-state index contributed by atoms with van der Waals surface area (Å²) in [6.45, 7) is 0.0425. The van der Waals surface area contributed by atoms with Gasteiger partial charge in [0.25, 0.3) is 0 Å². The van der Waals surface area contributed by atoms with Crippen molar-refractivity contribution in [2.24, 2.45) is 0 Å². The molecule has 1 heterocycles. The second-order valence-electron chi connectivity index (χ2n) is 5.37. The monoisotopic (exact) mass is 282 g/mol. The van der Waals surface area contributed by atoms with E-state index in [0.29, 0.717) is 6.04 Å². The molecule has 1 aromatic carbocycles. The van der Waals surface area contributed by atoms with Crippen molar-refractivity contribution in [1.82, 2.24) is 9.88 Å². The predicted octanol–water partition coefficient (Wildman–Crippen LogP) is 2.72. The molecule has 108 valence electrons.